The normalized spacial score (nSPS) is 14.0. The largest absolute Gasteiger partial charge is 0.308 e. The van der Waals surface area contributed by atoms with Crippen molar-refractivity contribution in [1.82, 2.24) is 15.2 Å². The Labute approximate surface area is 134 Å². The molecular formula is C19H27N3. The maximum absolute atomic E-state index is 4.21. The van der Waals surface area contributed by atoms with Crippen molar-refractivity contribution in [3.05, 3.63) is 66.0 Å². The van der Waals surface area contributed by atoms with Crippen LogP contribution in [0.5, 0.6) is 0 Å². The number of rotatable bonds is 8. The minimum absolute atomic E-state index is 0.301. The molecule has 0 bridgehead atoms. The Morgan fingerprint density at radius 3 is 2.27 bits per heavy atom. The van der Waals surface area contributed by atoms with E-state index in [4.69, 9.17) is 0 Å². The summed E-state index contributed by atoms with van der Waals surface area (Å²) in [7, 11) is 0. The zero-order valence-corrected chi connectivity index (χ0v) is 13.9. The van der Waals surface area contributed by atoms with Crippen LogP contribution in [0.15, 0.2) is 54.9 Å². The van der Waals surface area contributed by atoms with Crippen molar-refractivity contribution in [3.63, 3.8) is 0 Å². The summed E-state index contributed by atoms with van der Waals surface area (Å²) >= 11 is 0. The van der Waals surface area contributed by atoms with E-state index in [-0.39, 0.29) is 0 Å². The molecule has 2 unspecified atom stereocenters. The number of hydrogen-bond acceptors (Lipinski definition) is 3. The van der Waals surface area contributed by atoms with Gasteiger partial charge in [-0.2, -0.15) is 0 Å². The number of hydrogen-bond donors (Lipinski definition) is 1. The first-order valence-electron chi connectivity index (χ1n) is 8.18. The lowest BCUT2D eigenvalue weighted by Crippen LogP contribution is -2.36. The molecule has 3 heteroatoms. The van der Waals surface area contributed by atoms with Crippen molar-refractivity contribution < 1.29 is 0 Å². The van der Waals surface area contributed by atoms with Gasteiger partial charge in [0.2, 0.25) is 0 Å². The molecule has 2 atom stereocenters. The Hall–Kier alpha value is -1.71. The van der Waals surface area contributed by atoms with E-state index in [1.54, 1.807) is 0 Å². The highest BCUT2D eigenvalue weighted by Gasteiger charge is 2.18. The number of nitrogens with zero attached hydrogens (tertiary/aromatic N) is 2. The van der Waals surface area contributed by atoms with Gasteiger partial charge in [-0.25, -0.2) is 0 Å². The van der Waals surface area contributed by atoms with Gasteiger partial charge in [0.15, 0.2) is 0 Å². The van der Waals surface area contributed by atoms with Gasteiger partial charge in [-0.1, -0.05) is 50.2 Å². The molecule has 0 spiro atoms. The van der Waals surface area contributed by atoms with Crippen molar-refractivity contribution in [2.75, 3.05) is 19.6 Å². The second-order valence-corrected chi connectivity index (χ2v) is 5.56. The summed E-state index contributed by atoms with van der Waals surface area (Å²) < 4.78 is 0. The van der Waals surface area contributed by atoms with Gasteiger partial charge in [0, 0.05) is 31.0 Å². The van der Waals surface area contributed by atoms with Crippen LogP contribution < -0.4 is 5.32 Å². The minimum atomic E-state index is 0.301. The quantitative estimate of drug-likeness (QED) is 0.803. The van der Waals surface area contributed by atoms with E-state index < -0.39 is 0 Å². The van der Waals surface area contributed by atoms with Crippen LogP contribution in [0.3, 0.4) is 0 Å². The van der Waals surface area contributed by atoms with Crippen LogP contribution >= 0.6 is 0 Å². The van der Waals surface area contributed by atoms with Crippen LogP contribution in [-0.4, -0.2) is 29.5 Å². The van der Waals surface area contributed by atoms with E-state index in [0.717, 1.165) is 19.6 Å². The number of aromatic nitrogens is 1. The number of likely N-dealkylation sites (N-methyl/N-ethyl adjacent to an activating group) is 1. The molecule has 2 rings (SSSR count). The number of benzene rings is 1. The first kappa shape index (κ1) is 16.7. The number of nitrogens with one attached hydrogen (secondary N) is 1. The standard InChI is InChI=1S/C19H27N3/c1-4-22(5-2)19(17-10-7-6-8-11-17)15-21-16(3)18-12-9-13-20-14-18/h6-14,16,19,21H,4-5,15H2,1-3H3. The van der Waals surface area contributed by atoms with Gasteiger partial charge in [-0.15, -0.1) is 0 Å². The summed E-state index contributed by atoms with van der Waals surface area (Å²) in [4.78, 5) is 6.71. The molecule has 0 saturated carbocycles. The average Bonchev–Trinajstić information content (AvgIpc) is 2.60. The molecule has 118 valence electrons. The lowest BCUT2D eigenvalue weighted by atomic mass is 10.0. The molecule has 0 aliphatic rings. The molecule has 1 N–H and O–H groups in total. The van der Waals surface area contributed by atoms with E-state index in [2.05, 4.69) is 72.4 Å². The second kappa shape index (κ2) is 8.66. The van der Waals surface area contributed by atoms with Gasteiger partial charge in [0.05, 0.1) is 0 Å². The summed E-state index contributed by atoms with van der Waals surface area (Å²) in [6.07, 6.45) is 3.76. The molecule has 22 heavy (non-hydrogen) atoms. The molecule has 1 aromatic heterocycles. The lowest BCUT2D eigenvalue weighted by Gasteiger charge is -2.31. The lowest BCUT2D eigenvalue weighted by molar-refractivity contribution is 0.209. The van der Waals surface area contributed by atoms with Crippen LogP contribution in [0.4, 0.5) is 0 Å². The molecule has 0 fully saturated rings. The van der Waals surface area contributed by atoms with Crippen LogP contribution in [-0.2, 0) is 0 Å². The Bertz CT molecular complexity index is 523. The first-order valence-corrected chi connectivity index (χ1v) is 8.18. The van der Waals surface area contributed by atoms with Gasteiger partial charge in [-0.3, -0.25) is 9.88 Å². The van der Waals surface area contributed by atoms with Gasteiger partial charge < -0.3 is 5.32 Å². The van der Waals surface area contributed by atoms with Crippen molar-refractivity contribution >= 4 is 0 Å². The molecular weight excluding hydrogens is 270 g/mol. The van der Waals surface area contributed by atoms with Gasteiger partial charge in [-0.05, 0) is 37.2 Å². The fourth-order valence-corrected chi connectivity index (χ4v) is 2.84. The van der Waals surface area contributed by atoms with E-state index in [1.807, 2.05) is 18.5 Å². The van der Waals surface area contributed by atoms with E-state index >= 15 is 0 Å². The monoisotopic (exact) mass is 297 g/mol. The predicted octanol–water partition coefficient (Wildman–Crippen LogP) is 3.82. The van der Waals surface area contributed by atoms with E-state index in [1.165, 1.54) is 11.1 Å². The molecule has 0 saturated heterocycles. The fourth-order valence-electron chi connectivity index (χ4n) is 2.84. The summed E-state index contributed by atoms with van der Waals surface area (Å²) in [5.74, 6) is 0. The highest BCUT2D eigenvalue weighted by atomic mass is 15.2. The second-order valence-electron chi connectivity index (χ2n) is 5.56. The van der Waals surface area contributed by atoms with Crippen molar-refractivity contribution in [2.45, 2.75) is 32.9 Å². The Morgan fingerprint density at radius 2 is 1.68 bits per heavy atom. The third kappa shape index (κ3) is 4.39. The first-order chi connectivity index (χ1) is 10.8. The Morgan fingerprint density at radius 1 is 1.00 bits per heavy atom. The highest BCUT2D eigenvalue weighted by molar-refractivity contribution is 5.20. The average molecular weight is 297 g/mol. The van der Waals surface area contributed by atoms with Crippen LogP contribution in [0, 0.1) is 0 Å². The minimum Gasteiger partial charge on any atom is -0.308 e. The Balaban J connectivity index is 2.07. The summed E-state index contributed by atoms with van der Waals surface area (Å²) in [5.41, 5.74) is 2.60. The molecule has 0 radical (unpaired) electrons. The smallest absolute Gasteiger partial charge is 0.0472 e. The zero-order chi connectivity index (χ0) is 15.8. The van der Waals surface area contributed by atoms with Crippen LogP contribution in [0.1, 0.15) is 44.0 Å². The molecule has 2 aromatic rings. The molecule has 1 heterocycles. The van der Waals surface area contributed by atoms with Gasteiger partial charge in [0.25, 0.3) is 0 Å². The maximum Gasteiger partial charge on any atom is 0.0472 e. The molecule has 3 nitrogen and oxygen atoms in total. The number of pyridine rings is 1. The molecule has 0 aliphatic carbocycles. The van der Waals surface area contributed by atoms with Crippen molar-refractivity contribution in [1.29, 1.82) is 0 Å². The summed E-state index contributed by atoms with van der Waals surface area (Å²) in [6.45, 7) is 9.69. The summed E-state index contributed by atoms with van der Waals surface area (Å²) in [5, 5.41) is 3.66. The maximum atomic E-state index is 4.21. The molecule has 0 aliphatic heterocycles. The van der Waals surface area contributed by atoms with Gasteiger partial charge in [0.1, 0.15) is 0 Å². The SMILES string of the molecule is CCN(CC)C(CNC(C)c1cccnc1)c1ccccc1. The molecule has 1 aromatic carbocycles. The highest BCUT2D eigenvalue weighted by Crippen LogP contribution is 2.21. The summed E-state index contributed by atoms with van der Waals surface area (Å²) in [6, 6.07) is 15.6. The van der Waals surface area contributed by atoms with Gasteiger partial charge >= 0.3 is 0 Å². The predicted molar refractivity (Wildman–Crippen MR) is 92.8 cm³/mol. The third-order valence-corrected chi connectivity index (χ3v) is 4.24. The van der Waals surface area contributed by atoms with E-state index in [9.17, 15) is 0 Å². The van der Waals surface area contributed by atoms with Crippen molar-refractivity contribution in [2.24, 2.45) is 0 Å². The van der Waals surface area contributed by atoms with E-state index in [0.29, 0.717) is 12.1 Å². The van der Waals surface area contributed by atoms with Crippen molar-refractivity contribution in [3.8, 4) is 0 Å². The van der Waals surface area contributed by atoms with Crippen LogP contribution in [0.25, 0.3) is 0 Å². The third-order valence-electron chi connectivity index (χ3n) is 4.24. The topological polar surface area (TPSA) is 28.2 Å². The zero-order valence-electron chi connectivity index (χ0n) is 13.9. The van der Waals surface area contributed by atoms with Crippen LogP contribution in [0.2, 0.25) is 0 Å². The molecule has 0 amide bonds. The fraction of sp³-hybridized carbons (Fsp3) is 0.421. The Kier molecular flexibility index (Phi) is 6.56.